The first-order valence-corrected chi connectivity index (χ1v) is 29.8. The van der Waals surface area contributed by atoms with Gasteiger partial charge in [0, 0.05) is 50.0 Å². The molecule has 12 rings (SSSR count). The van der Waals surface area contributed by atoms with Crippen LogP contribution in [0.5, 0.6) is 0 Å². The topological polar surface area (TPSA) is 224 Å². The number of anilines is 2. The molecule has 16 nitrogen and oxygen atoms in total. The van der Waals surface area contributed by atoms with Gasteiger partial charge in [-0.25, -0.2) is 44.3 Å². The number of carboxylic acid groups (broad SMARTS) is 1. The number of benzene rings is 6. The van der Waals surface area contributed by atoms with E-state index in [1.807, 2.05) is 84.9 Å². The largest absolute Gasteiger partial charge is 1.00 e. The standard InChI is InChI=1S/C22H23N3O2.C21H21N3O2.C16H11BrN2O2.C7H14.CH3F.CH4O.Na.H2O/c1-27-22(26)17-11-12-18-19(15-17)23-20(16-9-5-4-6-10-16)21(24-18)25-13-7-2-3-8-14-25;25-21(26)16-10-11-17-18(14-16)22-19(15-8-4-3-5-9-15)20(23-17)24-12-6-1-2-7-13-24;1-21-16(20)11-7-8-12-13(9-11)18-14(15(17)19-12)10-5-3-2-4-6-10;1-2-4-6-7-5-3-1;2*1-2;;/h4-6,9-12,15H,2-3,7-8,13-14H2,1H3;3-5,8-11,14H,1-2,6-7,12-13H2,(H,25,26);2-9H,1H3;1-7H2;1H3;2H,1H3;;1H2/q;;;;;;+1;/p-1/i;;;;1D;;;. The van der Waals surface area contributed by atoms with Crippen molar-refractivity contribution in [1.82, 2.24) is 29.9 Å². The zero-order chi connectivity index (χ0) is 61.0. The van der Waals surface area contributed by atoms with Crippen molar-refractivity contribution in [3.63, 3.8) is 0 Å². The summed E-state index contributed by atoms with van der Waals surface area (Å²) >= 11 is 3.45. The number of esters is 2. The Labute approximate surface area is 541 Å². The Bertz CT molecular complexity index is 3590. The number of aliphatic hydroxyl groups is 1. The van der Waals surface area contributed by atoms with Crippen LogP contribution >= 0.6 is 15.9 Å². The van der Waals surface area contributed by atoms with Crippen molar-refractivity contribution in [2.45, 2.75) is 96.3 Å². The summed E-state index contributed by atoms with van der Waals surface area (Å²) in [7, 11) is 2.74. The molecule has 2 saturated heterocycles. The Hall–Kier alpha value is -7.32. The number of nitrogens with zero attached hydrogens (tertiary/aromatic N) is 8. The van der Waals surface area contributed by atoms with Gasteiger partial charge in [-0.15, -0.1) is 0 Å². The molecule has 452 valence electrons. The van der Waals surface area contributed by atoms with Gasteiger partial charge in [0.15, 0.2) is 11.6 Å². The summed E-state index contributed by atoms with van der Waals surface area (Å²) in [6, 6.07) is 45.3. The number of rotatable bonds is 8. The molecular formula is C68H77BrFN8NaO8. The van der Waals surface area contributed by atoms with Gasteiger partial charge in [-0.1, -0.05) is 162 Å². The Morgan fingerprint density at radius 1 is 0.448 bits per heavy atom. The third kappa shape index (κ3) is 19.8. The van der Waals surface area contributed by atoms with Gasteiger partial charge in [0.2, 0.25) is 0 Å². The summed E-state index contributed by atoms with van der Waals surface area (Å²) in [4.78, 5) is 68.1. The monoisotopic (exact) mass is 1260 g/mol. The number of carbonyl (C=O) groups excluding carboxylic acids is 2. The molecule has 0 bridgehead atoms. The van der Waals surface area contributed by atoms with E-state index in [0.29, 0.717) is 37.8 Å². The van der Waals surface area contributed by atoms with E-state index in [2.05, 4.69) is 47.8 Å². The molecule has 0 unspecified atom stereocenters. The van der Waals surface area contributed by atoms with E-state index < -0.39 is 13.1 Å². The van der Waals surface area contributed by atoms with Crippen LogP contribution in [0.4, 0.5) is 16.0 Å². The first-order chi connectivity index (χ1) is 42.1. The van der Waals surface area contributed by atoms with E-state index in [9.17, 15) is 23.9 Å². The number of hydrogen-bond acceptors (Lipinski definition) is 15. The van der Waals surface area contributed by atoms with Crippen molar-refractivity contribution in [3.05, 3.63) is 167 Å². The molecule has 19 heteroatoms. The van der Waals surface area contributed by atoms with Crippen LogP contribution in [0, 0.1) is 0 Å². The Morgan fingerprint density at radius 2 is 0.736 bits per heavy atom. The van der Waals surface area contributed by atoms with Crippen LogP contribution in [0.2, 0.25) is 0 Å². The molecule has 1 saturated carbocycles. The van der Waals surface area contributed by atoms with E-state index >= 15 is 0 Å². The predicted octanol–water partition coefficient (Wildman–Crippen LogP) is 12.4. The van der Waals surface area contributed by atoms with Crippen molar-refractivity contribution in [3.8, 4) is 33.8 Å². The van der Waals surface area contributed by atoms with Crippen LogP contribution in [-0.2, 0) is 9.47 Å². The van der Waals surface area contributed by atoms with Crippen LogP contribution in [0.15, 0.2) is 150 Å². The number of halogens is 2. The summed E-state index contributed by atoms with van der Waals surface area (Å²) in [6.07, 6.45) is 20.2. The molecule has 5 heterocycles. The SMILES string of the molecule is C1CCCCCC1.CO.COC(=O)c1ccc2nc(Br)c(-c3ccccc3)nc2c1.COC(=O)c1ccc2nc(N3CCCCCC3)c(-c3ccccc3)nc2c1.O=C(O)c1ccc2nc(N3CCCCCC3)c(-c3ccccc3)nc2c1.[2H]CF.[Na+].[OH-]. The quantitative estimate of drug-likeness (QED) is 0.0820. The molecule has 6 aromatic carbocycles. The molecule has 0 amide bonds. The maximum Gasteiger partial charge on any atom is 1.00 e. The van der Waals surface area contributed by atoms with Gasteiger partial charge >= 0.3 is 47.5 Å². The molecule has 0 atom stereocenters. The molecule has 3 fully saturated rings. The van der Waals surface area contributed by atoms with Crippen LogP contribution < -0.4 is 39.4 Å². The smallest absolute Gasteiger partial charge is 0.870 e. The van der Waals surface area contributed by atoms with Crippen molar-refractivity contribution in [1.29, 1.82) is 0 Å². The third-order valence-electron chi connectivity index (χ3n) is 14.7. The minimum Gasteiger partial charge on any atom is -0.870 e. The normalized spacial score (nSPS) is 13.8. The average Bonchev–Trinajstić information content (AvgIpc) is 3.19. The van der Waals surface area contributed by atoms with Crippen LogP contribution in [0.1, 0.15) is 129 Å². The second-order valence-corrected chi connectivity index (χ2v) is 21.2. The fraction of sp³-hybridized carbons (Fsp3) is 0.338. The van der Waals surface area contributed by atoms with Gasteiger partial charge in [0.05, 0.1) is 72.5 Å². The summed E-state index contributed by atoms with van der Waals surface area (Å²) < 4.78 is 25.7. The maximum absolute atomic E-state index is 11.9. The molecule has 87 heavy (non-hydrogen) atoms. The van der Waals surface area contributed by atoms with Gasteiger partial charge in [-0.3, -0.25) is 4.39 Å². The molecule has 2 aliphatic heterocycles. The maximum atomic E-state index is 11.9. The molecule has 0 radical (unpaired) electrons. The fourth-order valence-corrected chi connectivity index (χ4v) is 10.9. The minimum atomic E-state index is -1.00. The first-order valence-electron chi connectivity index (χ1n) is 29.8. The van der Waals surface area contributed by atoms with Gasteiger partial charge in [0.1, 0.15) is 21.7 Å². The number of carbonyl (C=O) groups is 3. The van der Waals surface area contributed by atoms with Gasteiger partial charge in [-0.2, -0.15) is 0 Å². The van der Waals surface area contributed by atoms with Crippen molar-refractivity contribution < 1.29 is 74.9 Å². The van der Waals surface area contributed by atoms with Crippen molar-refractivity contribution in [2.24, 2.45) is 0 Å². The minimum absolute atomic E-state index is 0. The van der Waals surface area contributed by atoms with Crippen molar-refractivity contribution >= 4 is 78.6 Å². The van der Waals surface area contributed by atoms with E-state index in [1.54, 1.807) is 48.5 Å². The first kappa shape index (κ1) is 68.8. The molecule has 0 spiro atoms. The number of aromatic carboxylic acids is 1. The molecule has 3 aromatic heterocycles. The summed E-state index contributed by atoms with van der Waals surface area (Å²) in [5.41, 5.74) is 10.8. The number of aliphatic hydroxyl groups excluding tert-OH is 1. The fourth-order valence-electron chi connectivity index (χ4n) is 10.3. The number of carboxylic acids is 1. The second kappa shape index (κ2) is 37.4. The number of fused-ring (bicyclic) bond motifs is 3. The molecule has 1 aliphatic carbocycles. The number of methoxy groups -OCH3 is 2. The summed E-state index contributed by atoms with van der Waals surface area (Å²) in [5.74, 6) is 0.126. The summed E-state index contributed by atoms with van der Waals surface area (Å²) in [6.45, 7) is 3.96. The van der Waals surface area contributed by atoms with E-state index in [0.717, 1.165) is 103 Å². The molecule has 3 N–H and O–H groups in total. The Balaban J connectivity index is 0.000000218. The van der Waals surface area contributed by atoms with E-state index in [1.165, 1.54) is 97.7 Å². The van der Waals surface area contributed by atoms with E-state index in [4.69, 9.17) is 35.9 Å². The Kier molecular flexibility index (Phi) is 29.6. The van der Waals surface area contributed by atoms with E-state index in [-0.39, 0.29) is 52.5 Å². The zero-order valence-electron chi connectivity index (χ0n) is 51.2. The molecular weight excluding hydrogens is 1180 g/mol. The van der Waals surface area contributed by atoms with Gasteiger partial charge in [0.25, 0.3) is 0 Å². The number of hydrogen-bond donors (Lipinski definition) is 2. The Morgan fingerprint density at radius 3 is 1.07 bits per heavy atom. The van der Waals surface area contributed by atoms with Crippen LogP contribution in [0.25, 0.3) is 66.9 Å². The summed E-state index contributed by atoms with van der Waals surface area (Å²) in [5, 5.41) is 16.3. The van der Waals surface area contributed by atoms with Gasteiger partial charge < -0.3 is 35.0 Å². The van der Waals surface area contributed by atoms with Gasteiger partial charge in [-0.05, 0) is 96.2 Å². The predicted molar refractivity (Wildman–Crippen MR) is 343 cm³/mol. The van der Waals surface area contributed by atoms with Crippen molar-refractivity contribution in [2.75, 3.05) is 64.5 Å². The molecule has 9 aromatic rings. The number of alkyl halides is 1. The zero-order valence-corrected chi connectivity index (χ0v) is 53.8. The number of aromatic nitrogens is 6. The molecule has 3 aliphatic rings. The van der Waals surface area contributed by atoms with Crippen LogP contribution in [-0.4, -0.2) is 118 Å². The third-order valence-corrected chi connectivity index (χ3v) is 15.3. The van der Waals surface area contributed by atoms with Crippen LogP contribution in [0.3, 0.4) is 0 Å². The average molecular weight is 1260 g/mol. The number of ether oxygens (including phenoxy) is 2. The second-order valence-electron chi connectivity index (χ2n) is 20.4.